The third-order valence-electron chi connectivity index (χ3n) is 3.26. The third kappa shape index (κ3) is 3.39. The van der Waals surface area contributed by atoms with Crippen molar-refractivity contribution in [3.8, 4) is 5.75 Å². The number of nitrogens with one attached hydrogen (secondary N) is 1. The van der Waals surface area contributed by atoms with E-state index < -0.39 is 15.8 Å². The number of sulfonamides is 1. The molecule has 0 aromatic heterocycles. The second-order valence-corrected chi connectivity index (χ2v) is 6.80. The molecule has 2 aromatic rings. The van der Waals surface area contributed by atoms with Gasteiger partial charge in [0, 0.05) is 0 Å². The Labute approximate surface area is 130 Å². The molecule has 0 fully saturated rings. The molecule has 0 radical (unpaired) electrons. The molecule has 4 nitrogen and oxygen atoms in total. The van der Waals surface area contributed by atoms with Gasteiger partial charge in [0.15, 0.2) is 0 Å². The fourth-order valence-electron chi connectivity index (χ4n) is 2.01. The van der Waals surface area contributed by atoms with E-state index in [1.165, 1.54) is 25.3 Å². The van der Waals surface area contributed by atoms with Crippen molar-refractivity contribution in [1.29, 1.82) is 0 Å². The zero-order valence-corrected chi connectivity index (χ0v) is 13.4. The average molecular weight is 323 g/mol. The highest BCUT2D eigenvalue weighted by Crippen LogP contribution is 2.29. The second-order valence-electron chi connectivity index (χ2n) is 5.15. The maximum Gasteiger partial charge on any atom is 0.265 e. The summed E-state index contributed by atoms with van der Waals surface area (Å²) in [6.45, 7) is 3.92. The number of anilines is 1. The number of methoxy groups -OCH3 is 1. The SMILES string of the molecule is COc1ccc(C(C)C)cc1S(=O)(=O)Nc1ccccc1F. The molecule has 0 unspecified atom stereocenters. The molecule has 2 aromatic carbocycles. The molecule has 22 heavy (non-hydrogen) atoms. The lowest BCUT2D eigenvalue weighted by Crippen LogP contribution is -2.15. The zero-order chi connectivity index (χ0) is 16.3. The summed E-state index contributed by atoms with van der Waals surface area (Å²) in [5.41, 5.74) is 0.759. The molecule has 0 heterocycles. The van der Waals surface area contributed by atoms with Crippen LogP contribution in [0.2, 0.25) is 0 Å². The van der Waals surface area contributed by atoms with Crippen molar-refractivity contribution in [3.63, 3.8) is 0 Å². The number of rotatable bonds is 5. The van der Waals surface area contributed by atoms with Crippen LogP contribution in [0.1, 0.15) is 25.3 Å². The predicted molar refractivity (Wildman–Crippen MR) is 84.3 cm³/mol. The highest BCUT2D eigenvalue weighted by atomic mass is 32.2. The minimum atomic E-state index is -3.95. The summed E-state index contributed by atoms with van der Waals surface area (Å²) in [4.78, 5) is -0.00977. The van der Waals surface area contributed by atoms with Crippen molar-refractivity contribution in [2.24, 2.45) is 0 Å². The van der Waals surface area contributed by atoms with Crippen molar-refractivity contribution in [2.45, 2.75) is 24.7 Å². The van der Waals surface area contributed by atoms with Gasteiger partial charge in [0.25, 0.3) is 10.0 Å². The zero-order valence-electron chi connectivity index (χ0n) is 12.6. The summed E-state index contributed by atoms with van der Waals surface area (Å²) < 4.78 is 46.2. The number of hydrogen-bond acceptors (Lipinski definition) is 3. The van der Waals surface area contributed by atoms with Crippen molar-refractivity contribution < 1.29 is 17.5 Å². The van der Waals surface area contributed by atoms with Crippen molar-refractivity contribution in [1.82, 2.24) is 0 Å². The van der Waals surface area contributed by atoms with E-state index in [-0.39, 0.29) is 22.3 Å². The Hall–Kier alpha value is -2.08. The van der Waals surface area contributed by atoms with Crippen LogP contribution in [0.3, 0.4) is 0 Å². The lowest BCUT2D eigenvalue weighted by atomic mass is 10.0. The molecule has 0 atom stereocenters. The summed E-state index contributed by atoms with van der Waals surface area (Å²) in [6, 6.07) is 10.6. The van der Waals surface area contributed by atoms with Gasteiger partial charge in [0.05, 0.1) is 12.8 Å². The first-order chi connectivity index (χ1) is 10.3. The second kappa shape index (κ2) is 6.36. The number of ether oxygens (including phenoxy) is 1. The quantitative estimate of drug-likeness (QED) is 0.911. The molecule has 118 valence electrons. The average Bonchev–Trinajstić information content (AvgIpc) is 2.48. The Morgan fingerprint density at radius 2 is 1.82 bits per heavy atom. The van der Waals surface area contributed by atoms with Crippen LogP contribution in [0, 0.1) is 5.82 Å². The van der Waals surface area contributed by atoms with E-state index in [4.69, 9.17) is 4.74 Å². The topological polar surface area (TPSA) is 55.4 Å². The lowest BCUT2D eigenvalue weighted by molar-refractivity contribution is 0.402. The standard InChI is InChI=1S/C16H18FNO3S/c1-11(2)12-8-9-15(21-3)16(10-12)22(19,20)18-14-7-5-4-6-13(14)17/h4-11,18H,1-3H3. The minimum Gasteiger partial charge on any atom is -0.495 e. The van der Waals surface area contributed by atoms with E-state index >= 15 is 0 Å². The van der Waals surface area contributed by atoms with E-state index in [1.807, 2.05) is 19.9 Å². The molecule has 1 N–H and O–H groups in total. The van der Waals surface area contributed by atoms with Crippen molar-refractivity contribution in [3.05, 3.63) is 53.8 Å². The normalized spacial score (nSPS) is 11.5. The van der Waals surface area contributed by atoms with Gasteiger partial charge < -0.3 is 4.74 Å². The Morgan fingerprint density at radius 1 is 1.14 bits per heavy atom. The van der Waals surface area contributed by atoms with Gasteiger partial charge in [-0.05, 0) is 35.7 Å². The summed E-state index contributed by atoms with van der Waals surface area (Å²) in [7, 11) is -2.55. The van der Waals surface area contributed by atoms with E-state index in [0.717, 1.165) is 5.56 Å². The molecule has 0 bridgehead atoms. The highest BCUT2D eigenvalue weighted by molar-refractivity contribution is 7.92. The van der Waals surface area contributed by atoms with Crippen LogP contribution in [0.4, 0.5) is 10.1 Å². The first-order valence-corrected chi connectivity index (χ1v) is 8.28. The van der Waals surface area contributed by atoms with Crippen LogP contribution in [0.5, 0.6) is 5.75 Å². The minimum absolute atomic E-state index is 0.00977. The third-order valence-corrected chi connectivity index (χ3v) is 4.65. The largest absolute Gasteiger partial charge is 0.495 e. The van der Waals surface area contributed by atoms with Crippen LogP contribution in [-0.4, -0.2) is 15.5 Å². The Kier molecular flexibility index (Phi) is 4.71. The van der Waals surface area contributed by atoms with E-state index in [2.05, 4.69) is 4.72 Å². The predicted octanol–water partition coefficient (Wildman–Crippen LogP) is 3.76. The van der Waals surface area contributed by atoms with Gasteiger partial charge in [-0.25, -0.2) is 12.8 Å². The van der Waals surface area contributed by atoms with Gasteiger partial charge in [-0.15, -0.1) is 0 Å². The molecular formula is C16H18FNO3S. The summed E-state index contributed by atoms with van der Waals surface area (Å²) in [5.74, 6) is -0.258. The number of benzene rings is 2. The Morgan fingerprint density at radius 3 is 2.41 bits per heavy atom. The molecule has 0 aliphatic carbocycles. The lowest BCUT2D eigenvalue weighted by Gasteiger charge is -2.14. The monoisotopic (exact) mass is 323 g/mol. The Bertz CT molecular complexity index is 773. The fourth-order valence-corrected chi connectivity index (χ4v) is 3.28. The van der Waals surface area contributed by atoms with Gasteiger partial charge >= 0.3 is 0 Å². The van der Waals surface area contributed by atoms with Crippen molar-refractivity contribution >= 4 is 15.7 Å². The molecule has 0 spiro atoms. The van der Waals surface area contributed by atoms with E-state index in [9.17, 15) is 12.8 Å². The van der Waals surface area contributed by atoms with E-state index in [0.29, 0.717) is 0 Å². The van der Waals surface area contributed by atoms with E-state index in [1.54, 1.807) is 18.2 Å². The Balaban J connectivity index is 2.49. The maximum absolute atomic E-state index is 13.7. The molecule has 0 saturated heterocycles. The first-order valence-electron chi connectivity index (χ1n) is 6.80. The number of hydrogen-bond donors (Lipinski definition) is 1. The fraction of sp³-hybridized carbons (Fsp3) is 0.250. The van der Waals surface area contributed by atoms with Gasteiger partial charge in [0.2, 0.25) is 0 Å². The smallest absolute Gasteiger partial charge is 0.265 e. The molecule has 6 heteroatoms. The van der Waals surface area contributed by atoms with Crippen LogP contribution >= 0.6 is 0 Å². The summed E-state index contributed by atoms with van der Waals surface area (Å²) in [5, 5.41) is 0. The van der Waals surface area contributed by atoms with Crippen LogP contribution < -0.4 is 9.46 Å². The molecule has 0 aliphatic rings. The van der Waals surface area contributed by atoms with Gasteiger partial charge in [0.1, 0.15) is 16.5 Å². The summed E-state index contributed by atoms with van der Waals surface area (Å²) in [6.07, 6.45) is 0. The van der Waals surface area contributed by atoms with Crippen LogP contribution in [-0.2, 0) is 10.0 Å². The molecule has 0 amide bonds. The number of halogens is 1. The maximum atomic E-state index is 13.7. The molecular weight excluding hydrogens is 305 g/mol. The highest BCUT2D eigenvalue weighted by Gasteiger charge is 2.22. The van der Waals surface area contributed by atoms with Gasteiger partial charge in [-0.2, -0.15) is 0 Å². The summed E-state index contributed by atoms with van der Waals surface area (Å²) >= 11 is 0. The molecule has 0 saturated carbocycles. The first kappa shape index (κ1) is 16.3. The molecule has 2 rings (SSSR count). The van der Waals surface area contributed by atoms with Crippen molar-refractivity contribution in [2.75, 3.05) is 11.8 Å². The van der Waals surface area contributed by atoms with Crippen LogP contribution in [0.25, 0.3) is 0 Å². The van der Waals surface area contributed by atoms with Gasteiger partial charge in [-0.3, -0.25) is 4.72 Å². The van der Waals surface area contributed by atoms with Crippen LogP contribution in [0.15, 0.2) is 47.4 Å². The number of para-hydroxylation sites is 1. The van der Waals surface area contributed by atoms with Gasteiger partial charge in [-0.1, -0.05) is 32.0 Å². The molecule has 0 aliphatic heterocycles.